The standard InChI is InChI=1S/C20H24N4O3.C2HF3O2/c25-17-4-3-16(18(26)22-17)24-10-13-9-14(1-2-15(13)19(24)27)23-11-20(12-23)5-7-21-8-6-20;3-2(4,5)1(6)7/h1-2,9,16,21H,3-8,10-12H2,(H,22,25,26);(H,6,7). The number of carboxylic acids is 1. The zero-order valence-electron chi connectivity index (χ0n) is 18.3. The Morgan fingerprint density at radius 3 is 2.35 bits per heavy atom. The number of halogens is 3. The van der Waals surface area contributed by atoms with Crippen molar-refractivity contribution in [3.63, 3.8) is 0 Å². The van der Waals surface area contributed by atoms with Crippen LogP contribution >= 0.6 is 0 Å². The minimum Gasteiger partial charge on any atom is -0.475 e. The number of imide groups is 1. The first kappa shape index (κ1) is 24.0. The number of amides is 3. The van der Waals surface area contributed by atoms with Gasteiger partial charge in [-0.2, -0.15) is 13.2 Å². The van der Waals surface area contributed by atoms with Crippen LogP contribution in [0.5, 0.6) is 0 Å². The van der Waals surface area contributed by atoms with Gasteiger partial charge in [-0.3, -0.25) is 19.7 Å². The molecule has 0 aromatic heterocycles. The number of carboxylic acid groups (broad SMARTS) is 1. The number of nitrogens with one attached hydrogen (secondary N) is 2. The van der Waals surface area contributed by atoms with E-state index in [1.54, 1.807) is 4.90 Å². The predicted octanol–water partition coefficient (Wildman–Crippen LogP) is 1.27. The molecule has 5 rings (SSSR count). The Morgan fingerprint density at radius 1 is 1.12 bits per heavy atom. The van der Waals surface area contributed by atoms with Gasteiger partial charge in [0.1, 0.15) is 6.04 Å². The van der Waals surface area contributed by atoms with Gasteiger partial charge in [-0.25, -0.2) is 4.79 Å². The molecule has 12 heteroatoms. The summed E-state index contributed by atoms with van der Waals surface area (Å²) in [6.45, 7) is 4.81. The fourth-order valence-corrected chi connectivity index (χ4v) is 4.98. The van der Waals surface area contributed by atoms with E-state index in [1.807, 2.05) is 12.1 Å². The van der Waals surface area contributed by atoms with E-state index in [4.69, 9.17) is 9.90 Å². The summed E-state index contributed by atoms with van der Waals surface area (Å²) < 4.78 is 31.7. The fourth-order valence-electron chi connectivity index (χ4n) is 4.98. The van der Waals surface area contributed by atoms with E-state index in [1.165, 1.54) is 12.8 Å². The monoisotopic (exact) mass is 482 g/mol. The van der Waals surface area contributed by atoms with Gasteiger partial charge in [0, 0.05) is 42.7 Å². The van der Waals surface area contributed by atoms with Crippen molar-refractivity contribution in [3.8, 4) is 0 Å². The Morgan fingerprint density at radius 2 is 1.76 bits per heavy atom. The zero-order valence-corrected chi connectivity index (χ0v) is 18.3. The normalized spacial score (nSPS) is 23.6. The highest BCUT2D eigenvalue weighted by atomic mass is 19.4. The van der Waals surface area contributed by atoms with Crippen molar-refractivity contribution >= 4 is 29.4 Å². The third kappa shape index (κ3) is 4.72. The molecule has 184 valence electrons. The first-order valence-electron chi connectivity index (χ1n) is 11.0. The highest BCUT2D eigenvalue weighted by Gasteiger charge is 2.44. The Hall–Kier alpha value is -3.15. The summed E-state index contributed by atoms with van der Waals surface area (Å²) in [4.78, 5) is 49.2. The van der Waals surface area contributed by atoms with Crippen LogP contribution < -0.4 is 15.5 Å². The minimum absolute atomic E-state index is 0.107. The number of rotatable bonds is 2. The largest absolute Gasteiger partial charge is 0.490 e. The number of hydrogen-bond donors (Lipinski definition) is 3. The van der Waals surface area contributed by atoms with E-state index < -0.39 is 18.2 Å². The van der Waals surface area contributed by atoms with Gasteiger partial charge in [0.15, 0.2) is 0 Å². The van der Waals surface area contributed by atoms with E-state index in [0.717, 1.165) is 37.4 Å². The molecule has 1 unspecified atom stereocenters. The van der Waals surface area contributed by atoms with Crippen LogP contribution in [0.2, 0.25) is 0 Å². The average molecular weight is 482 g/mol. The quantitative estimate of drug-likeness (QED) is 0.544. The van der Waals surface area contributed by atoms with Crippen molar-refractivity contribution in [2.24, 2.45) is 5.41 Å². The number of nitrogens with zero attached hydrogens (tertiary/aromatic N) is 2. The summed E-state index contributed by atoms with van der Waals surface area (Å²) in [7, 11) is 0. The second-order valence-corrected chi connectivity index (χ2v) is 9.15. The van der Waals surface area contributed by atoms with Crippen LogP contribution in [-0.2, 0) is 20.9 Å². The van der Waals surface area contributed by atoms with Gasteiger partial charge in [0.25, 0.3) is 5.91 Å². The predicted molar refractivity (Wildman–Crippen MR) is 113 cm³/mol. The van der Waals surface area contributed by atoms with Gasteiger partial charge in [0.05, 0.1) is 0 Å². The van der Waals surface area contributed by atoms with Crippen molar-refractivity contribution in [2.45, 2.75) is 44.4 Å². The van der Waals surface area contributed by atoms with Gasteiger partial charge in [0.2, 0.25) is 11.8 Å². The highest BCUT2D eigenvalue weighted by Crippen LogP contribution is 2.42. The van der Waals surface area contributed by atoms with E-state index in [-0.39, 0.29) is 24.1 Å². The number of fused-ring (bicyclic) bond motifs is 1. The van der Waals surface area contributed by atoms with Crippen LogP contribution in [0.3, 0.4) is 0 Å². The second kappa shape index (κ2) is 8.90. The van der Waals surface area contributed by atoms with E-state index >= 15 is 0 Å². The third-order valence-electron chi connectivity index (χ3n) is 6.83. The highest BCUT2D eigenvalue weighted by molar-refractivity contribution is 6.05. The molecule has 0 aliphatic carbocycles. The van der Waals surface area contributed by atoms with Gasteiger partial charge in [-0.15, -0.1) is 0 Å². The van der Waals surface area contributed by atoms with E-state index in [2.05, 4.69) is 21.6 Å². The Balaban J connectivity index is 0.000000344. The molecule has 3 N–H and O–H groups in total. The lowest BCUT2D eigenvalue weighted by molar-refractivity contribution is -0.192. The van der Waals surface area contributed by atoms with Crippen molar-refractivity contribution < 1.29 is 37.5 Å². The number of anilines is 1. The number of carbonyl (C=O) groups excluding carboxylic acids is 3. The first-order valence-corrected chi connectivity index (χ1v) is 11.0. The number of aliphatic carboxylic acids is 1. The Bertz CT molecular complexity index is 1010. The molecule has 4 aliphatic rings. The third-order valence-corrected chi connectivity index (χ3v) is 6.83. The Kier molecular flexibility index (Phi) is 6.28. The maximum atomic E-state index is 12.8. The zero-order chi connectivity index (χ0) is 24.7. The van der Waals surface area contributed by atoms with E-state index in [0.29, 0.717) is 23.9 Å². The smallest absolute Gasteiger partial charge is 0.475 e. The summed E-state index contributed by atoms with van der Waals surface area (Å²) in [5.74, 6) is -3.48. The van der Waals surface area contributed by atoms with Gasteiger partial charge >= 0.3 is 12.1 Å². The maximum absolute atomic E-state index is 12.8. The molecule has 0 saturated carbocycles. The molecular formula is C22H25F3N4O5. The molecule has 1 atom stereocenters. The molecule has 3 fully saturated rings. The van der Waals surface area contributed by atoms with E-state index in [9.17, 15) is 27.6 Å². The van der Waals surface area contributed by atoms with Gasteiger partial charge in [-0.05, 0) is 56.1 Å². The summed E-state index contributed by atoms with van der Waals surface area (Å²) in [6, 6.07) is 5.48. The Labute approximate surface area is 193 Å². The summed E-state index contributed by atoms with van der Waals surface area (Å²) >= 11 is 0. The molecule has 1 spiro atoms. The summed E-state index contributed by atoms with van der Waals surface area (Å²) in [6.07, 6.45) is -1.93. The molecular weight excluding hydrogens is 457 g/mol. The number of alkyl halides is 3. The van der Waals surface area contributed by atoms with Crippen LogP contribution in [0.4, 0.5) is 18.9 Å². The molecule has 3 amide bonds. The number of hydrogen-bond acceptors (Lipinski definition) is 6. The van der Waals surface area contributed by atoms with Crippen molar-refractivity contribution in [1.82, 2.24) is 15.5 Å². The lowest BCUT2D eigenvalue weighted by atomic mass is 9.72. The van der Waals surface area contributed by atoms with Gasteiger partial charge < -0.3 is 20.2 Å². The van der Waals surface area contributed by atoms with Crippen LogP contribution in [0.1, 0.15) is 41.6 Å². The minimum atomic E-state index is -5.08. The second-order valence-electron chi connectivity index (χ2n) is 9.15. The van der Waals surface area contributed by atoms with Crippen molar-refractivity contribution in [2.75, 3.05) is 31.1 Å². The maximum Gasteiger partial charge on any atom is 0.490 e. The van der Waals surface area contributed by atoms with Crippen LogP contribution in [0, 0.1) is 5.41 Å². The van der Waals surface area contributed by atoms with Crippen molar-refractivity contribution in [3.05, 3.63) is 29.3 Å². The SMILES string of the molecule is O=C(O)C(F)(F)F.O=C1CCC(N2Cc3cc(N4CC5(CCNCC5)C4)ccc3C2=O)C(=O)N1. The fraction of sp³-hybridized carbons (Fsp3) is 0.545. The lowest BCUT2D eigenvalue weighted by Crippen LogP contribution is -2.60. The first-order chi connectivity index (χ1) is 16.0. The molecule has 4 aliphatic heterocycles. The molecule has 9 nitrogen and oxygen atoms in total. The molecule has 1 aromatic carbocycles. The van der Waals surface area contributed by atoms with Crippen LogP contribution in [0.15, 0.2) is 18.2 Å². The molecule has 0 bridgehead atoms. The van der Waals surface area contributed by atoms with Crippen molar-refractivity contribution in [1.29, 1.82) is 0 Å². The molecule has 3 saturated heterocycles. The molecule has 1 aromatic rings. The summed E-state index contributed by atoms with van der Waals surface area (Å²) in [5.41, 5.74) is 3.28. The average Bonchev–Trinajstić information content (AvgIpc) is 3.08. The number of carbonyl (C=O) groups is 4. The van der Waals surface area contributed by atoms with Crippen LogP contribution in [-0.4, -0.2) is 72.1 Å². The lowest BCUT2D eigenvalue weighted by Gasteiger charge is -2.53. The van der Waals surface area contributed by atoms with Gasteiger partial charge in [-0.1, -0.05) is 0 Å². The molecule has 34 heavy (non-hydrogen) atoms. The molecule has 0 radical (unpaired) electrons. The molecule has 4 heterocycles. The topological polar surface area (TPSA) is 119 Å². The summed E-state index contributed by atoms with van der Waals surface area (Å²) in [5, 5.41) is 12.9. The van der Waals surface area contributed by atoms with Crippen LogP contribution in [0.25, 0.3) is 0 Å². The number of piperidine rings is 2. The number of benzene rings is 1.